The van der Waals surface area contributed by atoms with Gasteiger partial charge in [0.1, 0.15) is 0 Å². The maximum absolute atomic E-state index is 13.4. The van der Waals surface area contributed by atoms with E-state index in [2.05, 4.69) is 15.5 Å². The lowest BCUT2D eigenvalue weighted by Crippen LogP contribution is -2.15. The van der Waals surface area contributed by atoms with Crippen molar-refractivity contribution >= 4 is 11.7 Å². The number of aromatic amines is 1. The maximum atomic E-state index is 13.4. The van der Waals surface area contributed by atoms with Crippen LogP contribution in [0.5, 0.6) is 0 Å². The first-order chi connectivity index (χ1) is 9.47. The predicted molar refractivity (Wildman–Crippen MR) is 71.4 cm³/mol. The van der Waals surface area contributed by atoms with Crippen molar-refractivity contribution in [2.75, 3.05) is 5.32 Å². The fourth-order valence-electron chi connectivity index (χ4n) is 1.74. The molecule has 2 N–H and O–H groups in total. The summed E-state index contributed by atoms with van der Waals surface area (Å²) in [6.45, 7) is 3.97. The van der Waals surface area contributed by atoms with Crippen molar-refractivity contribution in [3.8, 4) is 0 Å². The summed E-state index contributed by atoms with van der Waals surface area (Å²) in [7, 11) is 0. The van der Waals surface area contributed by atoms with Gasteiger partial charge in [-0.2, -0.15) is 5.10 Å². The van der Waals surface area contributed by atoms with Crippen molar-refractivity contribution in [2.45, 2.75) is 26.2 Å². The zero-order valence-corrected chi connectivity index (χ0v) is 11.2. The second-order valence-electron chi connectivity index (χ2n) is 4.80. The molecule has 0 atom stereocenters. The van der Waals surface area contributed by atoms with Crippen molar-refractivity contribution in [3.63, 3.8) is 0 Å². The van der Waals surface area contributed by atoms with Crippen LogP contribution in [0, 0.1) is 11.6 Å². The Hall–Kier alpha value is -2.24. The van der Waals surface area contributed by atoms with Gasteiger partial charge in [0.15, 0.2) is 17.5 Å². The molecule has 1 aromatic heterocycles. The number of nitrogens with one attached hydrogen (secondary N) is 2. The normalized spacial score (nSPS) is 10.8. The van der Waals surface area contributed by atoms with Gasteiger partial charge in [0, 0.05) is 17.3 Å². The average molecular weight is 279 g/mol. The molecule has 0 aliphatic carbocycles. The minimum absolute atomic E-state index is 0.0159. The van der Waals surface area contributed by atoms with Crippen LogP contribution in [0.1, 0.15) is 31.0 Å². The van der Waals surface area contributed by atoms with E-state index in [0.717, 1.165) is 11.8 Å². The predicted octanol–water partition coefficient (Wildman–Crippen LogP) is 2.99. The number of aromatic nitrogens is 2. The van der Waals surface area contributed by atoms with Crippen LogP contribution in [0.3, 0.4) is 0 Å². The van der Waals surface area contributed by atoms with Gasteiger partial charge in [0.2, 0.25) is 5.91 Å². The lowest BCUT2D eigenvalue weighted by atomic mass is 10.1. The van der Waals surface area contributed by atoms with Crippen LogP contribution in [0.25, 0.3) is 0 Å². The first-order valence-electron chi connectivity index (χ1n) is 6.25. The van der Waals surface area contributed by atoms with Gasteiger partial charge in [-0.25, -0.2) is 8.78 Å². The largest absolute Gasteiger partial charge is 0.309 e. The van der Waals surface area contributed by atoms with Gasteiger partial charge in [0.05, 0.1) is 6.42 Å². The lowest BCUT2D eigenvalue weighted by molar-refractivity contribution is -0.115. The molecule has 20 heavy (non-hydrogen) atoms. The topological polar surface area (TPSA) is 57.8 Å². The van der Waals surface area contributed by atoms with E-state index in [1.165, 1.54) is 12.1 Å². The third-order valence-corrected chi connectivity index (χ3v) is 2.87. The standard InChI is InChI=1S/C14H15F2N3O/c1-8(2)11-7-12(19-18-11)17-13(20)6-9-4-3-5-10(15)14(9)16/h3-5,7-8H,6H2,1-2H3,(H2,17,18,19,20). The highest BCUT2D eigenvalue weighted by Crippen LogP contribution is 2.16. The summed E-state index contributed by atoms with van der Waals surface area (Å²) in [4.78, 5) is 11.8. The molecule has 2 aromatic rings. The molecule has 0 unspecified atom stereocenters. The van der Waals surface area contributed by atoms with Crippen LogP contribution < -0.4 is 5.32 Å². The monoisotopic (exact) mass is 279 g/mol. The number of rotatable bonds is 4. The molecule has 0 saturated heterocycles. The summed E-state index contributed by atoms with van der Waals surface area (Å²) in [6, 6.07) is 5.47. The SMILES string of the molecule is CC(C)c1cc(NC(=O)Cc2cccc(F)c2F)n[nH]1. The van der Waals surface area contributed by atoms with Crippen molar-refractivity contribution in [3.05, 3.63) is 47.2 Å². The molecule has 106 valence electrons. The minimum Gasteiger partial charge on any atom is -0.309 e. The molecule has 1 aromatic carbocycles. The molecule has 4 nitrogen and oxygen atoms in total. The molecular formula is C14H15F2N3O. The molecular weight excluding hydrogens is 264 g/mol. The Labute approximate surface area is 115 Å². The lowest BCUT2D eigenvalue weighted by Gasteiger charge is -2.04. The van der Waals surface area contributed by atoms with Crippen molar-refractivity contribution in [2.24, 2.45) is 0 Å². The Morgan fingerprint density at radius 3 is 2.80 bits per heavy atom. The zero-order chi connectivity index (χ0) is 14.7. The van der Waals surface area contributed by atoms with E-state index >= 15 is 0 Å². The van der Waals surface area contributed by atoms with Crippen LogP contribution >= 0.6 is 0 Å². The van der Waals surface area contributed by atoms with Crippen LogP contribution in [-0.2, 0) is 11.2 Å². The molecule has 0 radical (unpaired) electrons. The quantitative estimate of drug-likeness (QED) is 0.904. The highest BCUT2D eigenvalue weighted by atomic mass is 19.2. The third-order valence-electron chi connectivity index (χ3n) is 2.87. The molecule has 0 fully saturated rings. The smallest absolute Gasteiger partial charge is 0.230 e. The number of hydrogen-bond donors (Lipinski definition) is 2. The van der Waals surface area contributed by atoms with Crippen LogP contribution in [0.15, 0.2) is 24.3 Å². The second kappa shape index (κ2) is 5.81. The number of anilines is 1. The minimum atomic E-state index is -0.993. The first-order valence-corrected chi connectivity index (χ1v) is 6.25. The van der Waals surface area contributed by atoms with Gasteiger partial charge in [-0.1, -0.05) is 26.0 Å². The van der Waals surface area contributed by atoms with Gasteiger partial charge < -0.3 is 5.32 Å². The van der Waals surface area contributed by atoms with E-state index in [9.17, 15) is 13.6 Å². The molecule has 0 saturated carbocycles. The van der Waals surface area contributed by atoms with Crippen LogP contribution in [0.2, 0.25) is 0 Å². The van der Waals surface area contributed by atoms with Crippen molar-refractivity contribution in [1.82, 2.24) is 10.2 Å². The molecule has 0 aliphatic rings. The molecule has 6 heteroatoms. The Balaban J connectivity index is 2.03. The first kappa shape index (κ1) is 14.2. The summed E-state index contributed by atoms with van der Waals surface area (Å²) in [5.74, 6) is -1.77. The van der Waals surface area contributed by atoms with Crippen molar-refractivity contribution in [1.29, 1.82) is 0 Å². The van der Waals surface area contributed by atoms with Gasteiger partial charge in [-0.3, -0.25) is 9.89 Å². The number of carbonyl (C=O) groups excluding carboxylic acids is 1. The summed E-state index contributed by atoms with van der Waals surface area (Å²) in [5, 5.41) is 9.27. The number of halogens is 2. The molecule has 0 spiro atoms. The van der Waals surface area contributed by atoms with E-state index in [-0.39, 0.29) is 17.9 Å². The Bertz CT molecular complexity index is 623. The highest BCUT2D eigenvalue weighted by molar-refractivity contribution is 5.91. The molecule has 0 bridgehead atoms. The summed E-state index contributed by atoms with van der Waals surface area (Å²) < 4.78 is 26.5. The molecule has 1 amide bonds. The highest BCUT2D eigenvalue weighted by Gasteiger charge is 2.13. The van der Waals surface area contributed by atoms with Gasteiger partial charge in [0.25, 0.3) is 0 Å². The number of amides is 1. The summed E-state index contributed by atoms with van der Waals surface area (Å²) in [6.07, 6.45) is -0.243. The zero-order valence-electron chi connectivity index (χ0n) is 11.2. The number of H-pyrrole nitrogens is 1. The molecule has 0 aliphatic heterocycles. The fourth-order valence-corrected chi connectivity index (χ4v) is 1.74. The number of benzene rings is 1. The van der Waals surface area contributed by atoms with E-state index in [1.807, 2.05) is 13.8 Å². The van der Waals surface area contributed by atoms with Gasteiger partial charge in [-0.05, 0) is 12.0 Å². The molecule has 1 heterocycles. The van der Waals surface area contributed by atoms with Crippen LogP contribution in [-0.4, -0.2) is 16.1 Å². The summed E-state index contributed by atoms with van der Waals surface area (Å²) in [5.41, 5.74) is 0.902. The van der Waals surface area contributed by atoms with Crippen LogP contribution in [0.4, 0.5) is 14.6 Å². The Morgan fingerprint density at radius 2 is 2.15 bits per heavy atom. The van der Waals surface area contributed by atoms with E-state index < -0.39 is 17.5 Å². The Morgan fingerprint density at radius 1 is 1.40 bits per heavy atom. The number of carbonyl (C=O) groups is 1. The maximum Gasteiger partial charge on any atom is 0.230 e. The number of nitrogens with zero attached hydrogens (tertiary/aromatic N) is 1. The second-order valence-corrected chi connectivity index (χ2v) is 4.80. The van der Waals surface area contributed by atoms with E-state index in [4.69, 9.17) is 0 Å². The molecule has 2 rings (SSSR count). The van der Waals surface area contributed by atoms with Gasteiger partial charge in [-0.15, -0.1) is 0 Å². The summed E-state index contributed by atoms with van der Waals surface area (Å²) >= 11 is 0. The van der Waals surface area contributed by atoms with E-state index in [1.54, 1.807) is 6.07 Å². The number of hydrogen-bond acceptors (Lipinski definition) is 2. The van der Waals surface area contributed by atoms with Crippen molar-refractivity contribution < 1.29 is 13.6 Å². The van der Waals surface area contributed by atoms with E-state index in [0.29, 0.717) is 5.82 Å². The third kappa shape index (κ3) is 3.20. The average Bonchev–Trinajstić information content (AvgIpc) is 2.83. The fraction of sp³-hybridized carbons (Fsp3) is 0.286. The van der Waals surface area contributed by atoms with Gasteiger partial charge >= 0.3 is 0 Å². The Kier molecular flexibility index (Phi) is 4.12.